The van der Waals surface area contributed by atoms with Gasteiger partial charge in [0.25, 0.3) is 5.91 Å². The first-order chi connectivity index (χ1) is 11.4. The second kappa shape index (κ2) is 6.84. The average molecular weight is 350 g/mol. The van der Waals surface area contributed by atoms with Crippen molar-refractivity contribution in [3.05, 3.63) is 34.9 Å². The van der Waals surface area contributed by atoms with Crippen molar-refractivity contribution in [2.45, 2.75) is 44.8 Å². The van der Waals surface area contributed by atoms with Gasteiger partial charge < -0.3 is 5.32 Å². The third-order valence-corrected chi connectivity index (χ3v) is 7.47. The Hall–Kier alpha value is -1.40. The van der Waals surface area contributed by atoms with Crippen LogP contribution >= 0.6 is 0 Å². The summed E-state index contributed by atoms with van der Waals surface area (Å²) < 4.78 is 26.1. The molecule has 0 radical (unpaired) electrons. The number of aryl methyl sites for hydroxylation is 2. The van der Waals surface area contributed by atoms with Crippen molar-refractivity contribution >= 4 is 15.9 Å². The van der Waals surface area contributed by atoms with Gasteiger partial charge in [-0.25, -0.2) is 12.7 Å². The SMILES string of the molecule is Cc1ccc(C)c(C(=O)NCC2CCN(S(=O)(=O)C3CC3)CC2)c1. The fraction of sp³-hybridized carbons (Fsp3) is 0.611. The van der Waals surface area contributed by atoms with E-state index in [1.54, 1.807) is 4.31 Å². The minimum absolute atomic E-state index is 0.0377. The summed E-state index contributed by atoms with van der Waals surface area (Å²) in [5, 5.41) is 2.89. The topological polar surface area (TPSA) is 66.5 Å². The quantitative estimate of drug-likeness (QED) is 0.886. The first kappa shape index (κ1) is 17.4. The van der Waals surface area contributed by atoms with Crippen molar-refractivity contribution in [3.8, 4) is 0 Å². The molecule has 1 aromatic carbocycles. The largest absolute Gasteiger partial charge is 0.352 e. The lowest BCUT2D eigenvalue weighted by atomic mass is 9.98. The van der Waals surface area contributed by atoms with Gasteiger partial charge in [0.15, 0.2) is 0 Å². The average Bonchev–Trinajstić information content (AvgIpc) is 3.40. The second-order valence-corrected chi connectivity index (χ2v) is 9.33. The van der Waals surface area contributed by atoms with Gasteiger partial charge in [0.2, 0.25) is 10.0 Å². The zero-order chi connectivity index (χ0) is 17.3. The van der Waals surface area contributed by atoms with Crippen LogP contribution in [0.1, 0.15) is 47.2 Å². The Labute approximate surface area is 144 Å². The zero-order valence-electron chi connectivity index (χ0n) is 14.4. The van der Waals surface area contributed by atoms with Crippen molar-refractivity contribution in [2.75, 3.05) is 19.6 Å². The Bertz CT molecular complexity index is 718. The summed E-state index contributed by atoms with van der Waals surface area (Å²) in [7, 11) is -3.05. The van der Waals surface area contributed by atoms with E-state index in [1.165, 1.54) is 0 Å². The fourth-order valence-corrected chi connectivity index (χ4v) is 5.13. The first-order valence-electron chi connectivity index (χ1n) is 8.72. The number of hydrogen-bond acceptors (Lipinski definition) is 3. The standard InChI is InChI=1S/C18H26N2O3S/c1-13-3-4-14(2)17(11-13)18(21)19-12-15-7-9-20(10-8-15)24(22,23)16-5-6-16/h3-4,11,15-16H,5-10,12H2,1-2H3,(H,19,21). The van der Waals surface area contributed by atoms with E-state index in [4.69, 9.17) is 0 Å². The van der Waals surface area contributed by atoms with Crippen LogP contribution in [-0.4, -0.2) is 43.5 Å². The lowest BCUT2D eigenvalue weighted by Gasteiger charge is -2.31. The van der Waals surface area contributed by atoms with E-state index in [9.17, 15) is 13.2 Å². The summed E-state index contributed by atoms with van der Waals surface area (Å²) in [6, 6.07) is 5.88. The summed E-state index contributed by atoms with van der Waals surface area (Å²) in [5.74, 6) is 0.314. The molecule has 0 bridgehead atoms. The van der Waals surface area contributed by atoms with Crippen molar-refractivity contribution in [1.29, 1.82) is 0 Å². The Morgan fingerprint density at radius 2 is 1.83 bits per heavy atom. The number of sulfonamides is 1. The van der Waals surface area contributed by atoms with Crippen LogP contribution in [0.25, 0.3) is 0 Å². The molecule has 0 aromatic heterocycles. The number of carbonyl (C=O) groups is 1. The number of hydrogen-bond donors (Lipinski definition) is 1. The van der Waals surface area contributed by atoms with Crippen LogP contribution in [-0.2, 0) is 10.0 Å². The van der Waals surface area contributed by atoms with Crippen LogP contribution in [0.5, 0.6) is 0 Å². The molecule has 2 aliphatic rings. The molecule has 5 nitrogen and oxygen atoms in total. The minimum atomic E-state index is -3.05. The number of piperidine rings is 1. The number of rotatable bonds is 5. The van der Waals surface area contributed by atoms with Gasteiger partial charge >= 0.3 is 0 Å². The van der Waals surface area contributed by atoms with Crippen molar-refractivity contribution in [2.24, 2.45) is 5.92 Å². The third-order valence-electron chi connectivity index (χ3n) is 5.07. The third kappa shape index (κ3) is 3.81. The number of amides is 1. The molecule has 1 aromatic rings. The number of nitrogens with one attached hydrogen (secondary N) is 1. The molecule has 0 unspecified atom stereocenters. The van der Waals surface area contributed by atoms with Gasteiger partial charge in [0, 0.05) is 25.2 Å². The summed E-state index contributed by atoms with van der Waals surface area (Å²) in [4.78, 5) is 12.4. The molecule has 1 N–H and O–H groups in total. The highest BCUT2D eigenvalue weighted by atomic mass is 32.2. The normalized spacial score (nSPS) is 20.1. The molecule has 1 aliphatic heterocycles. The summed E-state index contributed by atoms with van der Waals surface area (Å²) >= 11 is 0. The van der Waals surface area contributed by atoms with E-state index in [-0.39, 0.29) is 11.2 Å². The van der Waals surface area contributed by atoms with Crippen LogP contribution in [0.3, 0.4) is 0 Å². The molecule has 1 saturated carbocycles. The van der Waals surface area contributed by atoms with E-state index < -0.39 is 10.0 Å². The molecule has 24 heavy (non-hydrogen) atoms. The number of carbonyl (C=O) groups excluding carboxylic acids is 1. The minimum Gasteiger partial charge on any atom is -0.352 e. The highest BCUT2D eigenvalue weighted by Crippen LogP contribution is 2.33. The monoisotopic (exact) mass is 350 g/mol. The van der Waals surface area contributed by atoms with Gasteiger partial charge in [-0.3, -0.25) is 4.79 Å². The molecular weight excluding hydrogens is 324 g/mol. The van der Waals surface area contributed by atoms with Crippen molar-refractivity contribution in [3.63, 3.8) is 0 Å². The van der Waals surface area contributed by atoms with Gasteiger partial charge in [-0.15, -0.1) is 0 Å². The van der Waals surface area contributed by atoms with E-state index >= 15 is 0 Å². The highest BCUT2D eigenvalue weighted by molar-refractivity contribution is 7.90. The molecule has 6 heteroatoms. The number of benzene rings is 1. The lowest BCUT2D eigenvalue weighted by Crippen LogP contribution is -2.42. The van der Waals surface area contributed by atoms with Crippen LogP contribution < -0.4 is 5.32 Å². The molecular formula is C18H26N2O3S. The van der Waals surface area contributed by atoms with Crippen molar-refractivity contribution in [1.82, 2.24) is 9.62 Å². The molecule has 1 aliphatic carbocycles. The van der Waals surface area contributed by atoms with Gasteiger partial charge in [-0.1, -0.05) is 17.7 Å². The Morgan fingerprint density at radius 1 is 1.17 bits per heavy atom. The molecule has 0 atom stereocenters. The van der Waals surface area contributed by atoms with E-state index in [0.717, 1.165) is 42.4 Å². The van der Waals surface area contributed by atoms with Crippen LogP contribution in [0.15, 0.2) is 18.2 Å². The Kier molecular flexibility index (Phi) is 4.97. The molecule has 1 heterocycles. The van der Waals surface area contributed by atoms with Gasteiger partial charge in [-0.05, 0) is 57.1 Å². The highest BCUT2D eigenvalue weighted by Gasteiger charge is 2.41. The lowest BCUT2D eigenvalue weighted by molar-refractivity contribution is 0.0941. The Balaban J connectivity index is 1.50. The predicted octanol–water partition coefficient (Wildman–Crippen LogP) is 2.24. The van der Waals surface area contributed by atoms with E-state index in [0.29, 0.717) is 25.6 Å². The first-order valence-corrected chi connectivity index (χ1v) is 10.2. The van der Waals surface area contributed by atoms with E-state index in [1.807, 2.05) is 32.0 Å². The Morgan fingerprint density at radius 3 is 2.46 bits per heavy atom. The molecule has 3 rings (SSSR count). The molecule has 132 valence electrons. The summed E-state index contributed by atoms with van der Waals surface area (Å²) in [6.45, 7) is 5.71. The molecule has 0 spiro atoms. The van der Waals surface area contributed by atoms with Crippen LogP contribution in [0.2, 0.25) is 0 Å². The van der Waals surface area contributed by atoms with Gasteiger partial charge in [-0.2, -0.15) is 0 Å². The summed E-state index contributed by atoms with van der Waals surface area (Å²) in [6.07, 6.45) is 3.26. The number of nitrogens with zero attached hydrogens (tertiary/aromatic N) is 1. The summed E-state index contributed by atoms with van der Waals surface area (Å²) in [5.41, 5.74) is 2.77. The zero-order valence-corrected chi connectivity index (χ0v) is 15.2. The molecule has 2 fully saturated rings. The smallest absolute Gasteiger partial charge is 0.251 e. The maximum absolute atomic E-state index is 12.4. The fourth-order valence-electron chi connectivity index (χ4n) is 3.26. The predicted molar refractivity (Wildman–Crippen MR) is 94.5 cm³/mol. The van der Waals surface area contributed by atoms with Gasteiger partial charge in [0.1, 0.15) is 0 Å². The maximum atomic E-state index is 12.4. The maximum Gasteiger partial charge on any atom is 0.251 e. The molecule has 1 saturated heterocycles. The van der Waals surface area contributed by atoms with Crippen LogP contribution in [0.4, 0.5) is 0 Å². The molecule has 1 amide bonds. The van der Waals surface area contributed by atoms with E-state index in [2.05, 4.69) is 5.32 Å². The van der Waals surface area contributed by atoms with Crippen molar-refractivity contribution < 1.29 is 13.2 Å². The van der Waals surface area contributed by atoms with Crippen LogP contribution in [0, 0.1) is 19.8 Å². The second-order valence-electron chi connectivity index (χ2n) is 7.12. The van der Waals surface area contributed by atoms with Gasteiger partial charge in [0.05, 0.1) is 5.25 Å².